The number of hydrogen-bond donors (Lipinski definition) is 2. The molecular formula is C14H20N2O2S. The average Bonchev–Trinajstić information content (AvgIpc) is 2.37. The van der Waals surface area contributed by atoms with E-state index in [1.807, 2.05) is 6.92 Å². The number of aryl methyl sites for hydroxylation is 1. The van der Waals surface area contributed by atoms with Crippen LogP contribution in [0.5, 0.6) is 0 Å². The number of nitrogens with two attached hydrogens (primary N) is 1. The molecule has 0 amide bonds. The third-order valence-electron chi connectivity index (χ3n) is 3.50. The van der Waals surface area contributed by atoms with Crippen molar-refractivity contribution in [1.82, 2.24) is 0 Å². The van der Waals surface area contributed by atoms with Crippen LogP contribution in [0.15, 0.2) is 35.2 Å². The molecule has 3 N–H and O–H groups in total. The molecule has 1 unspecified atom stereocenters. The number of hydrogen-bond acceptors (Lipinski definition) is 3. The maximum absolute atomic E-state index is 11.3. The normalized spacial score (nSPS) is 19.4. The fourth-order valence-corrected chi connectivity index (χ4v) is 2.80. The van der Waals surface area contributed by atoms with Crippen LogP contribution in [0.25, 0.3) is 0 Å². The number of benzene rings is 1. The van der Waals surface area contributed by atoms with Gasteiger partial charge >= 0.3 is 0 Å². The second-order valence-corrected chi connectivity index (χ2v) is 6.61. The third kappa shape index (κ3) is 3.81. The van der Waals surface area contributed by atoms with Crippen LogP contribution in [-0.2, 0) is 10.0 Å². The van der Waals surface area contributed by atoms with Gasteiger partial charge in [0.15, 0.2) is 0 Å². The highest BCUT2D eigenvalue weighted by Crippen LogP contribution is 2.22. The predicted molar refractivity (Wildman–Crippen MR) is 77.5 cm³/mol. The van der Waals surface area contributed by atoms with Gasteiger partial charge in [0.2, 0.25) is 10.0 Å². The highest BCUT2D eigenvalue weighted by molar-refractivity contribution is 7.89. The molecule has 1 aliphatic rings. The van der Waals surface area contributed by atoms with Gasteiger partial charge in [-0.3, -0.25) is 0 Å². The highest BCUT2D eigenvalue weighted by atomic mass is 32.2. The van der Waals surface area contributed by atoms with Gasteiger partial charge in [0.1, 0.15) is 0 Å². The van der Waals surface area contributed by atoms with Gasteiger partial charge in [0, 0.05) is 12.2 Å². The summed E-state index contributed by atoms with van der Waals surface area (Å²) in [5, 5.41) is 8.49. The van der Waals surface area contributed by atoms with Crippen molar-refractivity contribution in [2.75, 3.05) is 11.9 Å². The molecule has 104 valence electrons. The number of sulfonamides is 1. The standard InChI is InChI=1S/C14H20N2O2S/c1-11-7-8-13(19(15,17)18)9-14(11)16-10-12-5-3-2-4-6-12/h2-3,7-9,12,16H,4-6,10H2,1H3,(H2,15,17,18). The molecule has 0 bridgehead atoms. The minimum Gasteiger partial charge on any atom is -0.385 e. The van der Waals surface area contributed by atoms with Gasteiger partial charge in [-0.2, -0.15) is 0 Å². The van der Waals surface area contributed by atoms with Crippen molar-refractivity contribution in [2.45, 2.75) is 31.1 Å². The molecule has 0 aromatic heterocycles. The van der Waals surface area contributed by atoms with Crippen molar-refractivity contribution in [3.05, 3.63) is 35.9 Å². The molecule has 0 fully saturated rings. The Bertz CT molecular complexity index is 579. The zero-order chi connectivity index (χ0) is 13.9. The number of allylic oxidation sites excluding steroid dienone is 2. The fourth-order valence-electron chi connectivity index (χ4n) is 2.26. The molecule has 19 heavy (non-hydrogen) atoms. The molecule has 1 atom stereocenters. The molecule has 0 heterocycles. The number of primary sulfonamides is 1. The van der Waals surface area contributed by atoms with Crippen molar-refractivity contribution in [3.8, 4) is 0 Å². The van der Waals surface area contributed by atoms with E-state index in [0.717, 1.165) is 30.6 Å². The molecule has 5 heteroatoms. The zero-order valence-electron chi connectivity index (χ0n) is 11.1. The molecule has 1 aromatic carbocycles. The quantitative estimate of drug-likeness (QED) is 0.832. The van der Waals surface area contributed by atoms with Crippen LogP contribution in [-0.4, -0.2) is 15.0 Å². The number of nitrogens with one attached hydrogen (secondary N) is 1. The van der Waals surface area contributed by atoms with E-state index in [-0.39, 0.29) is 4.90 Å². The van der Waals surface area contributed by atoms with Crippen LogP contribution in [0.3, 0.4) is 0 Å². The summed E-state index contributed by atoms with van der Waals surface area (Å²) in [5.74, 6) is 0.613. The van der Waals surface area contributed by atoms with E-state index in [1.54, 1.807) is 18.2 Å². The maximum Gasteiger partial charge on any atom is 0.238 e. The lowest BCUT2D eigenvalue weighted by molar-refractivity contribution is 0.504. The predicted octanol–water partition coefficient (Wildman–Crippen LogP) is 2.41. The summed E-state index contributed by atoms with van der Waals surface area (Å²) in [7, 11) is -3.64. The van der Waals surface area contributed by atoms with E-state index in [0.29, 0.717) is 5.92 Å². The van der Waals surface area contributed by atoms with E-state index >= 15 is 0 Å². The summed E-state index contributed by atoms with van der Waals surface area (Å²) in [6.07, 6.45) is 7.81. The summed E-state index contributed by atoms with van der Waals surface area (Å²) in [5.41, 5.74) is 1.87. The SMILES string of the molecule is Cc1ccc(S(N)(=O)=O)cc1NCC1CC=CCC1. The Morgan fingerprint density at radius 2 is 2.16 bits per heavy atom. The molecular weight excluding hydrogens is 260 g/mol. The first-order chi connectivity index (χ1) is 8.97. The minimum atomic E-state index is -3.64. The fraction of sp³-hybridized carbons (Fsp3) is 0.429. The summed E-state index contributed by atoms with van der Waals surface area (Å²) in [6.45, 7) is 2.81. The molecule has 0 radical (unpaired) electrons. The van der Waals surface area contributed by atoms with Crippen LogP contribution in [0.2, 0.25) is 0 Å². The Balaban J connectivity index is 2.09. The first-order valence-electron chi connectivity index (χ1n) is 6.49. The largest absolute Gasteiger partial charge is 0.385 e. The highest BCUT2D eigenvalue weighted by Gasteiger charge is 2.12. The van der Waals surface area contributed by atoms with Crippen molar-refractivity contribution >= 4 is 15.7 Å². The van der Waals surface area contributed by atoms with Crippen molar-refractivity contribution < 1.29 is 8.42 Å². The molecule has 0 saturated carbocycles. The van der Waals surface area contributed by atoms with Gasteiger partial charge in [-0.15, -0.1) is 0 Å². The molecule has 0 spiro atoms. The molecule has 0 saturated heterocycles. The molecule has 4 nitrogen and oxygen atoms in total. The number of anilines is 1. The van der Waals surface area contributed by atoms with E-state index in [4.69, 9.17) is 5.14 Å². The molecule has 1 aliphatic carbocycles. The maximum atomic E-state index is 11.3. The van der Waals surface area contributed by atoms with E-state index in [1.165, 1.54) is 6.42 Å². The Morgan fingerprint density at radius 1 is 1.37 bits per heavy atom. The molecule has 1 aromatic rings. The third-order valence-corrected chi connectivity index (χ3v) is 4.41. The van der Waals surface area contributed by atoms with Crippen LogP contribution in [0, 0.1) is 12.8 Å². The Hall–Kier alpha value is -1.33. The van der Waals surface area contributed by atoms with Crippen LogP contribution in [0.1, 0.15) is 24.8 Å². The minimum absolute atomic E-state index is 0.157. The van der Waals surface area contributed by atoms with Gasteiger partial charge in [-0.1, -0.05) is 18.2 Å². The van der Waals surface area contributed by atoms with Crippen LogP contribution >= 0.6 is 0 Å². The first kappa shape index (κ1) is 14.1. The van der Waals surface area contributed by atoms with Gasteiger partial charge in [0.25, 0.3) is 0 Å². The lowest BCUT2D eigenvalue weighted by Crippen LogP contribution is -2.17. The smallest absolute Gasteiger partial charge is 0.238 e. The molecule has 0 aliphatic heterocycles. The first-order valence-corrected chi connectivity index (χ1v) is 8.04. The lowest BCUT2D eigenvalue weighted by atomic mass is 9.94. The number of rotatable bonds is 4. The summed E-state index contributed by atoms with van der Waals surface area (Å²) < 4.78 is 22.7. The van der Waals surface area contributed by atoms with Crippen molar-refractivity contribution in [3.63, 3.8) is 0 Å². The Kier molecular flexibility index (Phi) is 4.27. The Labute approximate surface area is 114 Å². The second kappa shape index (κ2) is 5.75. The van der Waals surface area contributed by atoms with Gasteiger partial charge in [-0.25, -0.2) is 13.6 Å². The Morgan fingerprint density at radius 3 is 2.79 bits per heavy atom. The van der Waals surface area contributed by atoms with E-state index in [9.17, 15) is 8.42 Å². The van der Waals surface area contributed by atoms with Gasteiger partial charge in [-0.05, 0) is 49.8 Å². The van der Waals surface area contributed by atoms with E-state index < -0.39 is 10.0 Å². The van der Waals surface area contributed by atoms with Crippen LogP contribution < -0.4 is 10.5 Å². The van der Waals surface area contributed by atoms with Gasteiger partial charge < -0.3 is 5.32 Å². The zero-order valence-corrected chi connectivity index (χ0v) is 11.9. The second-order valence-electron chi connectivity index (χ2n) is 5.05. The topological polar surface area (TPSA) is 72.2 Å². The van der Waals surface area contributed by atoms with E-state index in [2.05, 4.69) is 17.5 Å². The van der Waals surface area contributed by atoms with Gasteiger partial charge in [0.05, 0.1) is 4.90 Å². The monoisotopic (exact) mass is 280 g/mol. The summed E-state index contributed by atoms with van der Waals surface area (Å²) in [6, 6.07) is 4.94. The van der Waals surface area contributed by atoms with Crippen LogP contribution in [0.4, 0.5) is 5.69 Å². The lowest BCUT2D eigenvalue weighted by Gasteiger charge is -2.20. The summed E-state index contributed by atoms with van der Waals surface area (Å²) in [4.78, 5) is 0.157. The summed E-state index contributed by atoms with van der Waals surface area (Å²) >= 11 is 0. The van der Waals surface area contributed by atoms with Crippen molar-refractivity contribution in [2.24, 2.45) is 11.1 Å². The average molecular weight is 280 g/mol. The molecule has 2 rings (SSSR count). The van der Waals surface area contributed by atoms with Crippen molar-refractivity contribution in [1.29, 1.82) is 0 Å².